The molecule has 0 saturated heterocycles. The van der Waals surface area contributed by atoms with Crippen LogP contribution in [0, 0.1) is 5.41 Å². The van der Waals surface area contributed by atoms with Gasteiger partial charge in [-0.15, -0.1) is 0 Å². The Morgan fingerprint density at radius 1 is 1.09 bits per heavy atom. The summed E-state index contributed by atoms with van der Waals surface area (Å²) in [5, 5.41) is 8.36. The molecule has 1 aromatic carbocycles. The van der Waals surface area contributed by atoms with Crippen molar-refractivity contribution >= 4 is 23.3 Å². The van der Waals surface area contributed by atoms with Crippen LogP contribution in [0.3, 0.4) is 0 Å². The first kappa shape index (κ1) is 21.8. The highest BCUT2D eigenvalue weighted by Gasteiger charge is 2.27. The number of hydrogen-bond acceptors (Lipinski definition) is 5. The molecule has 0 spiro atoms. The minimum Gasteiger partial charge on any atom is -0.330 e. The van der Waals surface area contributed by atoms with E-state index in [1.54, 1.807) is 18.5 Å². The van der Waals surface area contributed by atoms with Crippen LogP contribution in [-0.4, -0.2) is 32.8 Å². The van der Waals surface area contributed by atoms with Gasteiger partial charge in [0, 0.05) is 49.4 Å². The van der Waals surface area contributed by atoms with Crippen molar-refractivity contribution in [1.29, 1.82) is 5.41 Å². The minimum absolute atomic E-state index is 0.00696. The number of carbonyl (C=O) groups is 2. The highest BCUT2D eigenvalue weighted by Crippen LogP contribution is 2.32. The van der Waals surface area contributed by atoms with Gasteiger partial charge in [0.25, 0.3) is 11.8 Å². The fourth-order valence-corrected chi connectivity index (χ4v) is 4.65. The number of aromatic nitrogens is 2. The van der Waals surface area contributed by atoms with Crippen LogP contribution in [0.15, 0.2) is 67.0 Å². The number of benzene rings is 1. The van der Waals surface area contributed by atoms with Crippen molar-refractivity contribution < 1.29 is 9.59 Å². The van der Waals surface area contributed by atoms with Gasteiger partial charge in [0.15, 0.2) is 0 Å². The molecule has 1 N–H and O–H groups in total. The summed E-state index contributed by atoms with van der Waals surface area (Å²) in [6.07, 6.45) is 5.58. The zero-order chi connectivity index (χ0) is 23.8. The third-order valence-electron chi connectivity index (χ3n) is 6.60. The molecule has 3 aromatic rings. The van der Waals surface area contributed by atoms with E-state index in [1.807, 2.05) is 36.1 Å². The third kappa shape index (κ3) is 3.83. The van der Waals surface area contributed by atoms with Crippen molar-refractivity contribution in [2.45, 2.75) is 39.3 Å². The maximum atomic E-state index is 13.2. The van der Waals surface area contributed by atoms with Gasteiger partial charge in [0.2, 0.25) is 0 Å². The number of rotatable bonds is 4. The molecule has 4 heterocycles. The van der Waals surface area contributed by atoms with E-state index in [0.717, 1.165) is 36.5 Å². The van der Waals surface area contributed by atoms with Gasteiger partial charge < -0.3 is 9.80 Å². The fraction of sp³-hybridized carbons (Fsp3) is 0.259. The van der Waals surface area contributed by atoms with Crippen molar-refractivity contribution in [2.75, 3.05) is 11.4 Å². The van der Waals surface area contributed by atoms with Crippen LogP contribution in [0.4, 0.5) is 11.5 Å². The van der Waals surface area contributed by atoms with Crippen LogP contribution in [0.5, 0.6) is 0 Å². The normalized spacial score (nSPS) is 14.5. The molecule has 2 aliphatic rings. The molecule has 2 aromatic heterocycles. The highest BCUT2D eigenvalue weighted by molar-refractivity contribution is 5.95. The molecular weight excluding hydrogens is 426 g/mol. The predicted molar refractivity (Wildman–Crippen MR) is 130 cm³/mol. The predicted octanol–water partition coefficient (Wildman–Crippen LogP) is 4.21. The van der Waals surface area contributed by atoms with Gasteiger partial charge in [0.1, 0.15) is 11.3 Å². The largest absolute Gasteiger partial charge is 0.330 e. The van der Waals surface area contributed by atoms with Crippen LogP contribution in [-0.2, 0) is 19.5 Å². The molecular formula is C27H27N5O2. The molecule has 0 unspecified atom stereocenters. The highest BCUT2D eigenvalue weighted by atomic mass is 16.2. The lowest BCUT2D eigenvalue weighted by Gasteiger charge is -2.30. The summed E-state index contributed by atoms with van der Waals surface area (Å²) < 4.78 is 1.31. The molecule has 5 rings (SSSR count). The summed E-state index contributed by atoms with van der Waals surface area (Å²) in [5.74, 6) is 0.532. The molecule has 7 heteroatoms. The Morgan fingerprint density at radius 3 is 2.50 bits per heavy atom. The topological polar surface area (TPSA) is 82.3 Å². The summed E-state index contributed by atoms with van der Waals surface area (Å²) in [4.78, 5) is 34.2. The van der Waals surface area contributed by atoms with Gasteiger partial charge in [-0.25, -0.2) is 4.98 Å². The molecule has 7 nitrogen and oxygen atoms in total. The Balaban J connectivity index is 1.40. The Bertz CT molecular complexity index is 1350. The third-order valence-corrected chi connectivity index (χ3v) is 6.60. The van der Waals surface area contributed by atoms with Gasteiger partial charge >= 0.3 is 0 Å². The van der Waals surface area contributed by atoms with Crippen LogP contribution >= 0.6 is 0 Å². The van der Waals surface area contributed by atoms with Crippen LogP contribution in [0.1, 0.15) is 51.6 Å². The van der Waals surface area contributed by atoms with Crippen molar-refractivity contribution in [3.8, 4) is 0 Å². The molecule has 0 saturated carbocycles. The second kappa shape index (κ2) is 8.74. The Labute approximate surface area is 198 Å². The first-order chi connectivity index (χ1) is 16.5. The first-order valence-corrected chi connectivity index (χ1v) is 11.6. The minimum atomic E-state index is -0.261. The van der Waals surface area contributed by atoms with E-state index in [0.29, 0.717) is 30.6 Å². The number of allylic oxidation sites excluding steroid dienone is 1. The van der Waals surface area contributed by atoms with E-state index >= 15 is 0 Å². The van der Waals surface area contributed by atoms with Crippen LogP contribution in [0.2, 0.25) is 0 Å². The number of carbonyl (C=O) groups excluding carboxylic acids is 2. The average molecular weight is 454 g/mol. The van der Waals surface area contributed by atoms with E-state index in [2.05, 4.69) is 28.6 Å². The lowest BCUT2D eigenvalue weighted by molar-refractivity contribution is 0.0750. The van der Waals surface area contributed by atoms with Crippen molar-refractivity contribution in [2.24, 2.45) is 0 Å². The standard InChI is InChI=1S/C27H27N5O2/c1-3-18(2)26(33)32-12-10-23(14-24(32)28)31-11-6-9-19-13-22(15-29-25(19)31)27(34)30-16-20-7-4-5-8-21(20)17-30/h4-5,7-8,10,12-15,28H,2-3,6,9,11,16-17H2,1H3. The Hall–Kier alpha value is -4.00. The Morgan fingerprint density at radius 2 is 1.82 bits per heavy atom. The summed E-state index contributed by atoms with van der Waals surface area (Å²) in [7, 11) is 0. The number of pyridine rings is 2. The number of hydrogen-bond donors (Lipinski definition) is 1. The number of nitrogens with one attached hydrogen (secondary N) is 1. The lowest BCUT2D eigenvalue weighted by atomic mass is 10.0. The molecule has 34 heavy (non-hydrogen) atoms. The second-order valence-electron chi connectivity index (χ2n) is 8.79. The molecule has 172 valence electrons. The maximum absolute atomic E-state index is 13.2. The number of aryl methyl sites for hydroxylation is 1. The van der Waals surface area contributed by atoms with Crippen LogP contribution in [0.25, 0.3) is 0 Å². The zero-order valence-corrected chi connectivity index (χ0v) is 19.3. The molecule has 0 atom stereocenters. The van der Waals surface area contributed by atoms with Gasteiger partial charge in [0.05, 0.1) is 5.56 Å². The first-order valence-electron chi connectivity index (χ1n) is 11.6. The van der Waals surface area contributed by atoms with Gasteiger partial charge in [-0.05, 0) is 48.1 Å². The maximum Gasteiger partial charge on any atom is 0.258 e. The van der Waals surface area contributed by atoms with E-state index in [9.17, 15) is 9.59 Å². The smallest absolute Gasteiger partial charge is 0.258 e. The summed E-state index contributed by atoms with van der Waals surface area (Å²) in [6.45, 7) is 7.67. The SMILES string of the molecule is C=C(CC)C(=O)n1ccc(N2CCCc3cc(C(=O)N4Cc5ccccc5C4)cnc32)cc1=N. The van der Waals surface area contributed by atoms with Crippen molar-refractivity contribution in [1.82, 2.24) is 14.5 Å². The Kier molecular flexibility index (Phi) is 5.61. The second-order valence-corrected chi connectivity index (χ2v) is 8.79. The van der Waals surface area contributed by atoms with E-state index in [1.165, 1.54) is 15.7 Å². The number of nitrogens with zero attached hydrogens (tertiary/aromatic N) is 4. The zero-order valence-electron chi connectivity index (χ0n) is 19.3. The molecule has 0 fully saturated rings. The summed E-state index contributed by atoms with van der Waals surface area (Å²) in [6, 6.07) is 13.6. The molecule has 0 radical (unpaired) electrons. The number of anilines is 2. The van der Waals surface area contributed by atoms with E-state index < -0.39 is 0 Å². The molecule has 2 aliphatic heterocycles. The van der Waals surface area contributed by atoms with Gasteiger partial charge in [-0.3, -0.25) is 19.6 Å². The molecule has 0 aliphatic carbocycles. The van der Waals surface area contributed by atoms with Gasteiger partial charge in [-0.2, -0.15) is 0 Å². The van der Waals surface area contributed by atoms with Gasteiger partial charge in [-0.1, -0.05) is 37.8 Å². The molecule has 1 amide bonds. The fourth-order valence-electron chi connectivity index (χ4n) is 4.65. The van der Waals surface area contributed by atoms with Crippen LogP contribution < -0.4 is 10.4 Å². The number of fused-ring (bicyclic) bond motifs is 2. The monoisotopic (exact) mass is 453 g/mol. The van der Waals surface area contributed by atoms with E-state index in [4.69, 9.17) is 5.41 Å². The van der Waals surface area contributed by atoms with Crippen molar-refractivity contribution in [3.05, 3.63) is 94.8 Å². The average Bonchev–Trinajstić information content (AvgIpc) is 3.31. The van der Waals surface area contributed by atoms with Crippen molar-refractivity contribution in [3.63, 3.8) is 0 Å². The molecule has 0 bridgehead atoms. The number of amides is 1. The lowest BCUT2D eigenvalue weighted by Crippen LogP contribution is -2.31. The van der Waals surface area contributed by atoms with E-state index in [-0.39, 0.29) is 17.3 Å². The quantitative estimate of drug-likeness (QED) is 0.600. The summed E-state index contributed by atoms with van der Waals surface area (Å²) >= 11 is 0. The summed E-state index contributed by atoms with van der Waals surface area (Å²) in [5.41, 5.74) is 5.39.